The molecule has 0 radical (unpaired) electrons. The topological polar surface area (TPSA) is 57.1 Å². The number of carbonyl (C=O) groups excluding carboxylic acids is 1. The molecule has 0 aromatic heterocycles. The van der Waals surface area contributed by atoms with E-state index in [2.05, 4.69) is 20.9 Å². The number of methoxy groups -OCH3 is 1. The van der Waals surface area contributed by atoms with Gasteiger partial charge in [-0.15, -0.1) is 0 Å². The summed E-state index contributed by atoms with van der Waals surface area (Å²) < 4.78 is 17.7. The Morgan fingerprint density at radius 2 is 1.84 bits per heavy atom. The van der Waals surface area contributed by atoms with Crippen molar-refractivity contribution in [3.8, 4) is 11.5 Å². The molecule has 6 heteroatoms. The van der Waals surface area contributed by atoms with Crippen molar-refractivity contribution in [3.63, 3.8) is 0 Å². The Hall–Kier alpha value is -3.38. The third-order valence-corrected chi connectivity index (χ3v) is 5.19. The van der Waals surface area contributed by atoms with E-state index in [4.69, 9.17) is 14.2 Å². The minimum atomic E-state index is -0.482. The highest BCUT2D eigenvalue weighted by molar-refractivity contribution is 9.10. The summed E-state index contributed by atoms with van der Waals surface area (Å²) in [5, 5.41) is 0. The van der Waals surface area contributed by atoms with Gasteiger partial charge in [-0.1, -0.05) is 51.8 Å². The summed E-state index contributed by atoms with van der Waals surface area (Å²) in [5.74, 6) is 1.00. The van der Waals surface area contributed by atoms with Crippen LogP contribution in [0, 0.1) is 6.92 Å². The van der Waals surface area contributed by atoms with Crippen molar-refractivity contribution in [1.29, 1.82) is 0 Å². The number of hydrogen-bond acceptors (Lipinski definition) is 5. The third kappa shape index (κ3) is 5.03. The Balaban J connectivity index is 1.53. The normalized spacial score (nSPS) is 14.4. The maximum absolute atomic E-state index is 12.3. The van der Waals surface area contributed by atoms with Crippen LogP contribution in [-0.2, 0) is 16.1 Å². The average molecular weight is 478 g/mol. The van der Waals surface area contributed by atoms with E-state index in [-0.39, 0.29) is 5.70 Å². The van der Waals surface area contributed by atoms with Crippen LogP contribution in [0.3, 0.4) is 0 Å². The van der Waals surface area contributed by atoms with Crippen molar-refractivity contribution in [1.82, 2.24) is 0 Å². The summed E-state index contributed by atoms with van der Waals surface area (Å²) in [4.78, 5) is 16.6. The van der Waals surface area contributed by atoms with Crippen LogP contribution in [-0.4, -0.2) is 19.0 Å². The fraction of sp³-hybridized carbons (Fsp3) is 0.120. The second kappa shape index (κ2) is 9.18. The van der Waals surface area contributed by atoms with E-state index in [0.29, 0.717) is 24.0 Å². The van der Waals surface area contributed by atoms with Crippen LogP contribution in [0.2, 0.25) is 0 Å². The zero-order valence-corrected chi connectivity index (χ0v) is 18.7. The molecular formula is C25H20BrNO4. The number of cyclic esters (lactones) is 1. The van der Waals surface area contributed by atoms with E-state index in [0.717, 1.165) is 26.7 Å². The number of aliphatic imine (C=N–C) groups is 1. The predicted octanol–water partition coefficient (Wildman–Crippen LogP) is 5.69. The smallest absolute Gasteiger partial charge is 0.363 e. The molecule has 0 saturated carbocycles. The maximum atomic E-state index is 12.3. The predicted molar refractivity (Wildman–Crippen MR) is 123 cm³/mol. The minimum absolute atomic E-state index is 0.237. The van der Waals surface area contributed by atoms with Crippen LogP contribution in [0.25, 0.3) is 6.08 Å². The first-order valence-electron chi connectivity index (χ1n) is 9.67. The highest BCUT2D eigenvalue weighted by Gasteiger charge is 2.24. The SMILES string of the molecule is COc1cc(/C=C2\N=C(c3ccc(C)cc3)OC2=O)ccc1OCc1cccc(Br)c1. The molecule has 0 atom stereocenters. The van der Waals surface area contributed by atoms with Crippen molar-refractivity contribution >= 4 is 33.9 Å². The summed E-state index contributed by atoms with van der Waals surface area (Å²) in [5.41, 5.74) is 3.91. The zero-order valence-electron chi connectivity index (χ0n) is 17.1. The molecule has 0 saturated heterocycles. The molecule has 1 aliphatic heterocycles. The fourth-order valence-electron chi connectivity index (χ4n) is 3.07. The second-order valence-electron chi connectivity index (χ2n) is 7.03. The van der Waals surface area contributed by atoms with E-state index < -0.39 is 5.97 Å². The van der Waals surface area contributed by atoms with Gasteiger partial charge in [0.05, 0.1) is 7.11 Å². The highest BCUT2D eigenvalue weighted by atomic mass is 79.9. The third-order valence-electron chi connectivity index (χ3n) is 4.69. The van der Waals surface area contributed by atoms with E-state index >= 15 is 0 Å². The molecule has 156 valence electrons. The first-order valence-corrected chi connectivity index (χ1v) is 10.5. The standard InChI is InChI=1S/C25H20BrNO4/c1-16-6-9-19(10-7-16)24-27-21(25(28)31-24)13-17-8-11-22(23(14-17)29-2)30-15-18-4-3-5-20(26)12-18/h3-14H,15H2,1-2H3/b21-13-. The number of hydrogen-bond donors (Lipinski definition) is 0. The highest BCUT2D eigenvalue weighted by Crippen LogP contribution is 2.30. The summed E-state index contributed by atoms with van der Waals surface area (Å²) in [6.45, 7) is 2.41. The maximum Gasteiger partial charge on any atom is 0.363 e. The number of carbonyl (C=O) groups is 1. The number of aryl methyl sites for hydroxylation is 1. The molecule has 0 bridgehead atoms. The molecule has 0 spiro atoms. The van der Waals surface area contributed by atoms with Crippen LogP contribution in [0.15, 0.2) is 81.9 Å². The van der Waals surface area contributed by atoms with E-state index in [9.17, 15) is 4.79 Å². The molecule has 0 aliphatic carbocycles. The molecule has 1 aliphatic rings. The van der Waals surface area contributed by atoms with Gasteiger partial charge in [0.1, 0.15) is 6.61 Å². The van der Waals surface area contributed by atoms with Crippen LogP contribution < -0.4 is 9.47 Å². The Morgan fingerprint density at radius 1 is 1.03 bits per heavy atom. The number of benzene rings is 3. The summed E-state index contributed by atoms with van der Waals surface area (Å²) in [7, 11) is 1.58. The van der Waals surface area contributed by atoms with Crippen LogP contribution in [0.5, 0.6) is 11.5 Å². The lowest BCUT2D eigenvalue weighted by Gasteiger charge is -2.11. The molecule has 3 aromatic rings. The Morgan fingerprint density at radius 3 is 2.58 bits per heavy atom. The van der Waals surface area contributed by atoms with Crippen LogP contribution >= 0.6 is 15.9 Å². The molecule has 31 heavy (non-hydrogen) atoms. The number of halogens is 1. The van der Waals surface area contributed by atoms with Gasteiger partial charge in [0.25, 0.3) is 0 Å². The van der Waals surface area contributed by atoms with Crippen molar-refractivity contribution in [2.45, 2.75) is 13.5 Å². The lowest BCUT2D eigenvalue weighted by Crippen LogP contribution is -2.05. The second-order valence-corrected chi connectivity index (χ2v) is 7.95. The summed E-state index contributed by atoms with van der Waals surface area (Å²) >= 11 is 3.46. The molecule has 1 heterocycles. The van der Waals surface area contributed by atoms with Crippen molar-refractivity contribution < 1.29 is 19.0 Å². The Labute approximate surface area is 189 Å². The van der Waals surface area contributed by atoms with Gasteiger partial charge in [0.2, 0.25) is 5.90 Å². The number of rotatable bonds is 6. The van der Waals surface area contributed by atoms with Gasteiger partial charge in [-0.3, -0.25) is 0 Å². The fourth-order valence-corrected chi connectivity index (χ4v) is 3.51. The molecule has 3 aromatic carbocycles. The van der Waals surface area contributed by atoms with E-state index in [1.165, 1.54) is 0 Å². The molecule has 0 N–H and O–H groups in total. The van der Waals surface area contributed by atoms with Crippen molar-refractivity contribution in [2.75, 3.05) is 7.11 Å². The van der Waals surface area contributed by atoms with Crippen LogP contribution in [0.4, 0.5) is 0 Å². The van der Waals surface area contributed by atoms with Gasteiger partial charge in [-0.2, -0.15) is 0 Å². The van der Waals surface area contributed by atoms with Crippen LogP contribution in [0.1, 0.15) is 22.3 Å². The van der Waals surface area contributed by atoms with E-state index in [1.807, 2.05) is 67.6 Å². The first kappa shape index (κ1) is 20.9. The summed E-state index contributed by atoms with van der Waals surface area (Å²) in [6, 6.07) is 21.0. The quantitative estimate of drug-likeness (QED) is 0.338. The largest absolute Gasteiger partial charge is 0.493 e. The molecule has 4 rings (SSSR count). The molecule has 0 fully saturated rings. The lowest BCUT2D eigenvalue weighted by atomic mass is 10.1. The van der Waals surface area contributed by atoms with Gasteiger partial charge in [0.15, 0.2) is 17.2 Å². The van der Waals surface area contributed by atoms with Crippen molar-refractivity contribution in [3.05, 3.63) is 99.2 Å². The van der Waals surface area contributed by atoms with Gasteiger partial charge in [0, 0.05) is 10.0 Å². The van der Waals surface area contributed by atoms with Gasteiger partial charge < -0.3 is 14.2 Å². The lowest BCUT2D eigenvalue weighted by molar-refractivity contribution is -0.129. The average Bonchev–Trinajstić information content (AvgIpc) is 3.13. The number of nitrogens with zero attached hydrogens (tertiary/aromatic N) is 1. The molecule has 0 amide bonds. The van der Waals surface area contributed by atoms with Gasteiger partial charge in [-0.25, -0.2) is 9.79 Å². The molecular weight excluding hydrogens is 458 g/mol. The number of esters is 1. The Bertz CT molecular complexity index is 1180. The first-order chi connectivity index (χ1) is 15.0. The monoisotopic (exact) mass is 477 g/mol. The Kier molecular flexibility index (Phi) is 6.18. The number of ether oxygens (including phenoxy) is 3. The molecule has 0 unspecified atom stereocenters. The molecule has 5 nitrogen and oxygen atoms in total. The van der Waals surface area contributed by atoms with E-state index in [1.54, 1.807) is 19.3 Å². The van der Waals surface area contributed by atoms with Gasteiger partial charge >= 0.3 is 5.97 Å². The zero-order chi connectivity index (χ0) is 21.8. The minimum Gasteiger partial charge on any atom is -0.493 e. The van der Waals surface area contributed by atoms with Gasteiger partial charge in [-0.05, 0) is 60.5 Å². The van der Waals surface area contributed by atoms with Crippen molar-refractivity contribution in [2.24, 2.45) is 4.99 Å². The summed E-state index contributed by atoms with van der Waals surface area (Å²) in [6.07, 6.45) is 1.67.